The Morgan fingerprint density at radius 3 is 1.49 bits per heavy atom. The standard InChI is InChI=1S/C49H83NO7/c1-6-8-10-12-14-16-18-20-22-23-24-25-26-28-30-32-34-36-38-40-48(52)57-45(43-55-42-41-46(49(53)54)50(3,4)5)44-56-47(51)39-37-35-33-31-29-27-21-19-17-15-13-11-9-7-2/h8,10,14,16,19-22,24-25,28,30,45-46H,6-7,9,11-13,15,17-18,23,26-27,29,31-44H2,1-5H3/p+1/b10-8-,16-14-,21-19-,22-20-,25-24-,30-28-. The van der Waals surface area contributed by atoms with Gasteiger partial charge in [0, 0.05) is 19.3 Å². The quantitative estimate of drug-likeness (QED) is 0.0286. The van der Waals surface area contributed by atoms with Gasteiger partial charge in [-0.15, -0.1) is 0 Å². The van der Waals surface area contributed by atoms with Gasteiger partial charge in [-0.1, -0.05) is 138 Å². The van der Waals surface area contributed by atoms with Crippen molar-refractivity contribution in [2.45, 2.75) is 180 Å². The molecule has 8 heteroatoms. The van der Waals surface area contributed by atoms with Crippen molar-refractivity contribution in [1.29, 1.82) is 0 Å². The Morgan fingerprint density at radius 2 is 0.982 bits per heavy atom. The van der Waals surface area contributed by atoms with Crippen LogP contribution in [0.15, 0.2) is 72.9 Å². The molecule has 0 aliphatic heterocycles. The van der Waals surface area contributed by atoms with Crippen LogP contribution in [0.5, 0.6) is 0 Å². The molecule has 0 amide bonds. The molecular formula is C49H84NO7+. The molecular weight excluding hydrogens is 715 g/mol. The smallest absolute Gasteiger partial charge is 0.362 e. The van der Waals surface area contributed by atoms with Crippen molar-refractivity contribution < 1.29 is 38.2 Å². The molecule has 0 aromatic rings. The van der Waals surface area contributed by atoms with Crippen LogP contribution in [0.4, 0.5) is 0 Å². The second kappa shape index (κ2) is 39.6. The molecule has 2 unspecified atom stereocenters. The first-order valence-electron chi connectivity index (χ1n) is 22.5. The molecule has 0 bridgehead atoms. The van der Waals surface area contributed by atoms with Crippen molar-refractivity contribution in [2.75, 3.05) is 41.0 Å². The molecule has 0 fully saturated rings. The van der Waals surface area contributed by atoms with Crippen LogP contribution in [0.1, 0.15) is 168 Å². The third-order valence-electron chi connectivity index (χ3n) is 9.59. The summed E-state index contributed by atoms with van der Waals surface area (Å²) in [5, 5.41) is 9.62. The number of unbranched alkanes of at least 4 members (excludes halogenated alkanes) is 13. The summed E-state index contributed by atoms with van der Waals surface area (Å²) in [6, 6.07) is -0.625. The van der Waals surface area contributed by atoms with E-state index in [0.717, 1.165) is 89.9 Å². The normalized spacial score (nSPS) is 13.6. The van der Waals surface area contributed by atoms with Gasteiger partial charge < -0.3 is 23.8 Å². The fourth-order valence-corrected chi connectivity index (χ4v) is 6.11. The topological polar surface area (TPSA) is 99.1 Å². The third-order valence-corrected chi connectivity index (χ3v) is 9.59. The summed E-state index contributed by atoms with van der Waals surface area (Å²) in [6.07, 6.45) is 49.4. The van der Waals surface area contributed by atoms with Crippen molar-refractivity contribution in [1.82, 2.24) is 0 Å². The monoisotopic (exact) mass is 799 g/mol. The lowest BCUT2D eigenvalue weighted by Gasteiger charge is -2.31. The molecule has 326 valence electrons. The molecule has 2 atom stereocenters. The van der Waals surface area contributed by atoms with Gasteiger partial charge in [-0.05, 0) is 83.5 Å². The van der Waals surface area contributed by atoms with E-state index in [1.165, 1.54) is 44.9 Å². The molecule has 0 saturated heterocycles. The van der Waals surface area contributed by atoms with E-state index in [1.54, 1.807) is 0 Å². The molecule has 0 radical (unpaired) electrons. The van der Waals surface area contributed by atoms with Crippen LogP contribution >= 0.6 is 0 Å². The molecule has 0 heterocycles. The number of carboxylic acids is 1. The summed E-state index contributed by atoms with van der Waals surface area (Å²) < 4.78 is 17.2. The zero-order valence-corrected chi connectivity index (χ0v) is 37.0. The Kier molecular flexibility index (Phi) is 37.3. The minimum Gasteiger partial charge on any atom is -0.477 e. The van der Waals surface area contributed by atoms with Gasteiger partial charge in [0.25, 0.3) is 0 Å². The lowest BCUT2D eigenvalue weighted by molar-refractivity contribution is -0.887. The van der Waals surface area contributed by atoms with Crippen LogP contribution in [0.3, 0.4) is 0 Å². The van der Waals surface area contributed by atoms with Crippen LogP contribution in [-0.2, 0) is 28.6 Å². The Morgan fingerprint density at radius 1 is 0.544 bits per heavy atom. The van der Waals surface area contributed by atoms with Gasteiger partial charge >= 0.3 is 17.9 Å². The maximum absolute atomic E-state index is 12.7. The Balaban J connectivity index is 4.43. The lowest BCUT2D eigenvalue weighted by Crippen LogP contribution is -2.50. The van der Waals surface area contributed by atoms with Crippen molar-refractivity contribution in [3.05, 3.63) is 72.9 Å². The second-order valence-corrected chi connectivity index (χ2v) is 15.9. The number of hydrogen-bond donors (Lipinski definition) is 1. The third kappa shape index (κ3) is 38.1. The number of carbonyl (C=O) groups is 3. The summed E-state index contributed by atoms with van der Waals surface area (Å²) >= 11 is 0. The summed E-state index contributed by atoms with van der Waals surface area (Å²) in [6.45, 7) is 4.56. The first-order valence-corrected chi connectivity index (χ1v) is 22.5. The molecule has 0 rings (SSSR count). The summed E-state index contributed by atoms with van der Waals surface area (Å²) in [7, 11) is 5.50. The number of esters is 2. The molecule has 1 N–H and O–H groups in total. The van der Waals surface area contributed by atoms with Gasteiger partial charge in [0.15, 0.2) is 12.1 Å². The van der Waals surface area contributed by atoms with E-state index in [0.29, 0.717) is 12.8 Å². The molecule has 0 saturated carbocycles. The molecule has 0 aliphatic carbocycles. The van der Waals surface area contributed by atoms with E-state index in [1.807, 2.05) is 21.1 Å². The van der Waals surface area contributed by atoms with E-state index in [4.69, 9.17) is 14.2 Å². The number of likely N-dealkylation sites (N-methyl/N-ethyl adjacent to an activating group) is 1. The fraction of sp³-hybridized carbons (Fsp3) is 0.694. The van der Waals surface area contributed by atoms with E-state index in [2.05, 4.69) is 86.8 Å². The number of carbonyl (C=O) groups excluding carboxylic acids is 2. The first kappa shape index (κ1) is 53.8. The number of allylic oxidation sites excluding steroid dienone is 12. The van der Waals surface area contributed by atoms with Gasteiger partial charge in [0.1, 0.15) is 6.61 Å². The number of ether oxygens (including phenoxy) is 3. The fourth-order valence-electron chi connectivity index (χ4n) is 6.11. The van der Waals surface area contributed by atoms with Crippen LogP contribution in [0, 0.1) is 0 Å². The van der Waals surface area contributed by atoms with Gasteiger partial charge in [-0.25, -0.2) is 4.79 Å². The van der Waals surface area contributed by atoms with Crippen LogP contribution in [0.2, 0.25) is 0 Å². The zero-order valence-electron chi connectivity index (χ0n) is 37.0. The average Bonchev–Trinajstić information content (AvgIpc) is 3.17. The highest BCUT2D eigenvalue weighted by Gasteiger charge is 2.31. The maximum atomic E-state index is 12.7. The van der Waals surface area contributed by atoms with Crippen molar-refractivity contribution in [3.63, 3.8) is 0 Å². The van der Waals surface area contributed by atoms with Crippen molar-refractivity contribution in [3.8, 4) is 0 Å². The van der Waals surface area contributed by atoms with Gasteiger partial charge in [-0.3, -0.25) is 9.59 Å². The molecule has 0 aliphatic rings. The van der Waals surface area contributed by atoms with Crippen LogP contribution in [-0.4, -0.2) is 80.6 Å². The van der Waals surface area contributed by atoms with E-state index >= 15 is 0 Å². The molecule has 0 aromatic heterocycles. The zero-order chi connectivity index (χ0) is 42.1. The van der Waals surface area contributed by atoms with Crippen LogP contribution in [0.25, 0.3) is 0 Å². The predicted molar refractivity (Wildman–Crippen MR) is 238 cm³/mol. The summed E-state index contributed by atoms with van der Waals surface area (Å²) in [5.74, 6) is -1.53. The minimum atomic E-state index is -0.885. The van der Waals surface area contributed by atoms with Gasteiger partial charge in [-0.2, -0.15) is 0 Å². The molecule has 0 aromatic carbocycles. The van der Waals surface area contributed by atoms with Crippen molar-refractivity contribution in [2.24, 2.45) is 0 Å². The number of aliphatic carboxylic acids is 1. The lowest BCUT2D eigenvalue weighted by atomic mass is 10.1. The van der Waals surface area contributed by atoms with Crippen LogP contribution < -0.4 is 0 Å². The number of rotatable bonds is 39. The Bertz CT molecular complexity index is 1160. The van der Waals surface area contributed by atoms with Gasteiger partial charge in [0.05, 0.1) is 34.4 Å². The summed E-state index contributed by atoms with van der Waals surface area (Å²) in [5.41, 5.74) is 0. The highest BCUT2D eigenvalue weighted by molar-refractivity contribution is 5.72. The largest absolute Gasteiger partial charge is 0.477 e. The SMILES string of the molecule is CC/C=C\C/C=C\C/C=C\C/C=C\C/C=C\CCCCCC(=O)OC(COCCC(C(=O)O)[N+](C)(C)C)COC(=O)CCCCCCC/C=C\CCCCCCC. The van der Waals surface area contributed by atoms with E-state index < -0.39 is 18.1 Å². The average molecular weight is 799 g/mol. The molecule has 57 heavy (non-hydrogen) atoms. The highest BCUT2D eigenvalue weighted by atomic mass is 16.6. The number of hydrogen-bond acceptors (Lipinski definition) is 6. The highest BCUT2D eigenvalue weighted by Crippen LogP contribution is 2.13. The minimum absolute atomic E-state index is 0.0415. The Hall–Kier alpha value is -3.23. The first-order chi connectivity index (χ1) is 27.6. The predicted octanol–water partition coefficient (Wildman–Crippen LogP) is 12.4. The number of nitrogens with zero attached hydrogens (tertiary/aromatic N) is 1. The summed E-state index contributed by atoms with van der Waals surface area (Å²) in [4.78, 5) is 37.0. The maximum Gasteiger partial charge on any atom is 0.362 e. The van der Waals surface area contributed by atoms with E-state index in [-0.39, 0.29) is 42.7 Å². The number of quaternary nitrogens is 1. The van der Waals surface area contributed by atoms with E-state index in [9.17, 15) is 19.5 Å². The molecule has 8 nitrogen and oxygen atoms in total. The number of carboxylic acid groups (broad SMARTS) is 1. The molecule has 0 spiro atoms. The Labute approximate surface area is 349 Å². The van der Waals surface area contributed by atoms with Gasteiger partial charge in [0.2, 0.25) is 0 Å². The van der Waals surface area contributed by atoms with Crippen molar-refractivity contribution >= 4 is 17.9 Å². The second-order valence-electron chi connectivity index (χ2n) is 15.9.